The monoisotopic (exact) mass is 391 g/mol. The quantitative estimate of drug-likeness (QED) is 0.582. The zero-order chi connectivity index (χ0) is 19.4. The molecule has 2 saturated heterocycles. The van der Waals surface area contributed by atoms with Gasteiger partial charge >= 0.3 is 5.97 Å². The van der Waals surface area contributed by atoms with Gasteiger partial charge in [-0.25, -0.2) is 8.42 Å². The molecular weight excluding hydrogens is 366 g/mol. The Morgan fingerprint density at radius 1 is 1.33 bits per heavy atom. The number of benzene rings is 1. The fourth-order valence-electron chi connectivity index (χ4n) is 4.67. The molecule has 1 spiro atoms. The van der Waals surface area contributed by atoms with Crippen molar-refractivity contribution in [2.24, 2.45) is 11.8 Å². The van der Waals surface area contributed by atoms with Crippen LogP contribution in [0.25, 0.3) is 0 Å². The van der Waals surface area contributed by atoms with Crippen molar-refractivity contribution >= 4 is 16.0 Å². The summed E-state index contributed by atoms with van der Waals surface area (Å²) in [7, 11) is -3.64. The molecule has 0 amide bonds. The fourth-order valence-corrected chi connectivity index (χ4v) is 6.35. The van der Waals surface area contributed by atoms with Crippen LogP contribution < -0.4 is 0 Å². The molecule has 3 heterocycles. The SMILES string of the molecule is CCOC(=O)[C@@H]1C2C[C@H](C)N(S(=O)(=O)c3ccc(C)cc3)C[C@]23C=C[C@H]1O3. The van der Waals surface area contributed by atoms with Crippen molar-refractivity contribution in [1.29, 1.82) is 0 Å². The first kappa shape index (κ1) is 18.7. The average molecular weight is 391 g/mol. The van der Waals surface area contributed by atoms with E-state index in [9.17, 15) is 13.2 Å². The topological polar surface area (TPSA) is 72.9 Å². The van der Waals surface area contributed by atoms with Crippen molar-refractivity contribution in [1.82, 2.24) is 4.31 Å². The van der Waals surface area contributed by atoms with Crippen molar-refractivity contribution < 1.29 is 22.7 Å². The molecule has 1 aromatic rings. The number of piperidine rings is 1. The van der Waals surface area contributed by atoms with Crippen LogP contribution in [0.1, 0.15) is 25.8 Å². The maximum atomic E-state index is 13.2. The lowest BCUT2D eigenvalue weighted by Gasteiger charge is -2.45. The molecule has 0 aromatic heterocycles. The van der Waals surface area contributed by atoms with E-state index in [0.717, 1.165) is 5.56 Å². The summed E-state index contributed by atoms with van der Waals surface area (Å²) in [5.41, 5.74) is 0.268. The molecule has 2 bridgehead atoms. The predicted octanol–water partition coefficient (Wildman–Crippen LogP) is 2.28. The molecule has 3 aliphatic rings. The molecular formula is C20H25NO5S. The Kier molecular flexibility index (Phi) is 4.44. The summed E-state index contributed by atoms with van der Waals surface area (Å²) in [6, 6.07) is 6.67. The van der Waals surface area contributed by atoms with E-state index in [-0.39, 0.29) is 41.4 Å². The minimum atomic E-state index is -3.64. The summed E-state index contributed by atoms with van der Waals surface area (Å²) in [6.07, 6.45) is 4.06. The molecule has 1 aromatic carbocycles. The summed E-state index contributed by atoms with van der Waals surface area (Å²) < 4.78 is 39.4. The van der Waals surface area contributed by atoms with E-state index in [4.69, 9.17) is 9.47 Å². The van der Waals surface area contributed by atoms with E-state index in [0.29, 0.717) is 13.0 Å². The van der Waals surface area contributed by atoms with Crippen molar-refractivity contribution in [2.75, 3.05) is 13.2 Å². The van der Waals surface area contributed by atoms with Crippen molar-refractivity contribution in [2.45, 2.75) is 49.8 Å². The second-order valence-electron chi connectivity index (χ2n) is 7.73. The Morgan fingerprint density at radius 2 is 2.04 bits per heavy atom. The Morgan fingerprint density at radius 3 is 2.70 bits per heavy atom. The maximum Gasteiger partial charge on any atom is 0.312 e. The summed E-state index contributed by atoms with van der Waals surface area (Å²) >= 11 is 0. The summed E-state index contributed by atoms with van der Waals surface area (Å²) in [6.45, 7) is 6.16. The number of fused-ring (bicyclic) bond motifs is 1. The normalized spacial score (nSPS) is 35.2. The Hall–Kier alpha value is -1.70. The predicted molar refractivity (Wildman–Crippen MR) is 99.5 cm³/mol. The molecule has 7 heteroatoms. The third-order valence-electron chi connectivity index (χ3n) is 6.01. The van der Waals surface area contributed by atoms with Gasteiger partial charge in [-0.3, -0.25) is 4.79 Å². The summed E-state index contributed by atoms with van der Waals surface area (Å²) in [5, 5.41) is 0. The first-order valence-corrected chi connectivity index (χ1v) is 10.8. The van der Waals surface area contributed by atoms with Crippen LogP contribution in [-0.4, -0.2) is 49.6 Å². The van der Waals surface area contributed by atoms with Crippen LogP contribution in [0.3, 0.4) is 0 Å². The number of sulfonamides is 1. The summed E-state index contributed by atoms with van der Waals surface area (Å²) in [5.74, 6) is -0.673. The molecule has 0 N–H and O–H groups in total. The van der Waals surface area contributed by atoms with Gasteiger partial charge in [-0.1, -0.05) is 29.8 Å². The van der Waals surface area contributed by atoms with Gasteiger partial charge in [0, 0.05) is 18.5 Å². The van der Waals surface area contributed by atoms with Gasteiger partial charge in [0.05, 0.1) is 23.5 Å². The lowest BCUT2D eigenvalue weighted by Crippen LogP contribution is -2.57. The van der Waals surface area contributed by atoms with E-state index in [1.165, 1.54) is 4.31 Å². The zero-order valence-electron chi connectivity index (χ0n) is 15.8. The number of esters is 1. The van der Waals surface area contributed by atoms with E-state index >= 15 is 0 Å². The minimum absolute atomic E-state index is 0.0639. The first-order valence-electron chi connectivity index (χ1n) is 9.41. The third-order valence-corrected chi connectivity index (χ3v) is 7.99. The second-order valence-corrected chi connectivity index (χ2v) is 9.62. The Bertz CT molecular complexity index is 878. The van der Waals surface area contributed by atoms with Crippen LogP contribution in [0, 0.1) is 18.8 Å². The molecule has 3 aliphatic heterocycles. The number of aryl methyl sites for hydroxylation is 1. The molecule has 4 rings (SSSR count). The van der Waals surface area contributed by atoms with Crippen LogP contribution >= 0.6 is 0 Å². The van der Waals surface area contributed by atoms with Crippen molar-refractivity contribution in [3.05, 3.63) is 42.0 Å². The lowest BCUT2D eigenvalue weighted by atomic mass is 9.70. The van der Waals surface area contributed by atoms with Gasteiger partial charge in [0.2, 0.25) is 10.0 Å². The average Bonchev–Trinajstić information content (AvgIpc) is 3.17. The zero-order valence-corrected chi connectivity index (χ0v) is 16.6. The molecule has 0 saturated carbocycles. The van der Waals surface area contributed by atoms with Gasteiger partial charge in [0.15, 0.2) is 0 Å². The number of hydrogen-bond acceptors (Lipinski definition) is 5. The van der Waals surface area contributed by atoms with Crippen LogP contribution in [-0.2, 0) is 24.3 Å². The molecule has 146 valence electrons. The fraction of sp³-hybridized carbons (Fsp3) is 0.550. The highest BCUT2D eigenvalue weighted by Gasteiger charge is 2.63. The molecule has 0 radical (unpaired) electrons. The number of carbonyl (C=O) groups is 1. The molecule has 0 aliphatic carbocycles. The van der Waals surface area contributed by atoms with Crippen LogP contribution in [0.4, 0.5) is 0 Å². The lowest BCUT2D eigenvalue weighted by molar-refractivity contribution is -0.150. The van der Waals surface area contributed by atoms with E-state index in [1.807, 2.05) is 26.0 Å². The van der Waals surface area contributed by atoms with Crippen molar-refractivity contribution in [3.8, 4) is 0 Å². The second kappa shape index (κ2) is 6.43. The smallest absolute Gasteiger partial charge is 0.312 e. The molecule has 6 nitrogen and oxygen atoms in total. The number of ether oxygens (including phenoxy) is 2. The van der Waals surface area contributed by atoms with Gasteiger partial charge in [-0.2, -0.15) is 4.31 Å². The largest absolute Gasteiger partial charge is 0.466 e. The standard InChI is InChI=1S/C20H25NO5S/c1-4-25-19(22)18-16-11-14(3)21(12-20(16)10-9-17(18)26-20)27(23,24)15-7-5-13(2)6-8-15/h5-10,14,16-18H,4,11-12H2,1-3H3/t14-,16?,17+,18+,20+/m0/s1. The van der Waals surface area contributed by atoms with Gasteiger partial charge in [-0.15, -0.1) is 0 Å². The maximum absolute atomic E-state index is 13.2. The number of nitrogens with zero attached hydrogens (tertiary/aromatic N) is 1. The Balaban J connectivity index is 1.65. The molecule has 27 heavy (non-hydrogen) atoms. The van der Waals surface area contributed by atoms with Crippen LogP contribution in [0.5, 0.6) is 0 Å². The van der Waals surface area contributed by atoms with E-state index < -0.39 is 15.6 Å². The number of rotatable bonds is 4. The highest BCUT2D eigenvalue weighted by atomic mass is 32.2. The van der Waals surface area contributed by atoms with E-state index in [2.05, 4.69) is 0 Å². The van der Waals surface area contributed by atoms with Crippen LogP contribution in [0.2, 0.25) is 0 Å². The van der Waals surface area contributed by atoms with Crippen molar-refractivity contribution in [3.63, 3.8) is 0 Å². The summed E-state index contributed by atoms with van der Waals surface area (Å²) in [4.78, 5) is 12.7. The Labute approximate surface area is 160 Å². The number of hydrogen-bond donors (Lipinski definition) is 0. The van der Waals surface area contributed by atoms with Gasteiger partial charge < -0.3 is 9.47 Å². The van der Waals surface area contributed by atoms with Gasteiger partial charge in [-0.05, 0) is 39.3 Å². The first-order chi connectivity index (χ1) is 12.8. The minimum Gasteiger partial charge on any atom is -0.466 e. The molecule has 2 fully saturated rings. The molecule has 1 unspecified atom stereocenters. The highest BCUT2D eigenvalue weighted by molar-refractivity contribution is 7.89. The van der Waals surface area contributed by atoms with Crippen LogP contribution in [0.15, 0.2) is 41.3 Å². The number of carbonyl (C=O) groups excluding carboxylic acids is 1. The van der Waals surface area contributed by atoms with Gasteiger partial charge in [0.1, 0.15) is 5.60 Å². The van der Waals surface area contributed by atoms with Gasteiger partial charge in [0.25, 0.3) is 0 Å². The third kappa shape index (κ3) is 2.83. The highest BCUT2D eigenvalue weighted by Crippen LogP contribution is 2.53. The molecule has 5 atom stereocenters. The van der Waals surface area contributed by atoms with E-state index in [1.54, 1.807) is 31.2 Å².